The van der Waals surface area contributed by atoms with Crippen LogP contribution in [-0.4, -0.2) is 32.8 Å². The SMILES string of the molecule is CCOC(=O)CCS(=O)(=O)NC(C)CC. The maximum atomic E-state index is 11.4. The van der Waals surface area contributed by atoms with E-state index in [0.29, 0.717) is 0 Å². The minimum atomic E-state index is -3.36. The van der Waals surface area contributed by atoms with Gasteiger partial charge >= 0.3 is 5.97 Å². The maximum Gasteiger partial charge on any atom is 0.306 e. The molecular formula is C9H19NO4S. The van der Waals surface area contributed by atoms with Crippen LogP contribution >= 0.6 is 0 Å². The fraction of sp³-hybridized carbons (Fsp3) is 0.889. The van der Waals surface area contributed by atoms with Gasteiger partial charge in [0.15, 0.2) is 0 Å². The van der Waals surface area contributed by atoms with Crippen LogP contribution in [0.2, 0.25) is 0 Å². The summed E-state index contributed by atoms with van der Waals surface area (Å²) in [6.07, 6.45) is 0.623. The highest BCUT2D eigenvalue weighted by molar-refractivity contribution is 7.89. The largest absolute Gasteiger partial charge is 0.466 e. The molecule has 0 heterocycles. The van der Waals surface area contributed by atoms with E-state index in [1.165, 1.54) is 0 Å². The summed E-state index contributed by atoms with van der Waals surface area (Å²) in [5.74, 6) is -0.692. The average Bonchev–Trinajstić information content (AvgIpc) is 2.15. The van der Waals surface area contributed by atoms with Crippen LogP contribution in [0.15, 0.2) is 0 Å². The number of esters is 1. The molecule has 0 rings (SSSR count). The lowest BCUT2D eigenvalue weighted by Crippen LogP contribution is -2.34. The van der Waals surface area contributed by atoms with Gasteiger partial charge in [0.2, 0.25) is 10.0 Å². The van der Waals surface area contributed by atoms with Gasteiger partial charge in [0, 0.05) is 6.04 Å². The molecular weight excluding hydrogens is 218 g/mol. The Kier molecular flexibility index (Phi) is 6.51. The fourth-order valence-corrected chi connectivity index (χ4v) is 2.23. The zero-order valence-electron chi connectivity index (χ0n) is 9.45. The smallest absolute Gasteiger partial charge is 0.306 e. The van der Waals surface area contributed by atoms with Crippen molar-refractivity contribution >= 4 is 16.0 Å². The van der Waals surface area contributed by atoms with Gasteiger partial charge in [-0.3, -0.25) is 4.79 Å². The van der Waals surface area contributed by atoms with Crippen molar-refractivity contribution in [3.8, 4) is 0 Å². The van der Waals surface area contributed by atoms with Crippen molar-refractivity contribution in [2.75, 3.05) is 12.4 Å². The Morgan fingerprint density at radius 2 is 2.00 bits per heavy atom. The van der Waals surface area contributed by atoms with Crippen molar-refractivity contribution < 1.29 is 17.9 Å². The van der Waals surface area contributed by atoms with Crippen molar-refractivity contribution in [1.82, 2.24) is 4.72 Å². The van der Waals surface area contributed by atoms with Gasteiger partial charge in [0.05, 0.1) is 18.8 Å². The van der Waals surface area contributed by atoms with Gasteiger partial charge in [0.25, 0.3) is 0 Å². The van der Waals surface area contributed by atoms with Gasteiger partial charge in [-0.05, 0) is 20.3 Å². The Morgan fingerprint density at radius 3 is 2.47 bits per heavy atom. The molecule has 15 heavy (non-hydrogen) atoms. The molecule has 0 amide bonds. The van der Waals surface area contributed by atoms with Gasteiger partial charge in [-0.1, -0.05) is 6.92 Å². The van der Waals surface area contributed by atoms with Crippen molar-refractivity contribution in [2.24, 2.45) is 0 Å². The number of rotatable bonds is 7. The lowest BCUT2D eigenvalue weighted by Gasteiger charge is -2.11. The first-order valence-electron chi connectivity index (χ1n) is 5.07. The van der Waals surface area contributed by atoms with Gasteiger partial charge in [-0.15, -0.1) is 0 Å². The van der Waals surface area contributed by atoms with E-state index in [4.69, 9.17) is 0 Å². The van der Waals surface area contributed by atoms with E-state index in [-0.39, 0.29) is 24.8 Å². The lowest BCUT2D eigenvalue weighted by atomic mass is 10.3. The number of nitrogens with one attached hydrogen (secondary N) is 1. The summed E-state index contributed by atoms with van der Waals surface area (Å²) >= 11 is 0. The standard InChI is InChI=1S/C9H19NO4S/c1-4-8(3)10-15(12,13)7-6-9(11)14-5-2/h8,10H,4-7H2,1-3H3. The summed E-state index contributed by atoms with van der Waals surface area (Å²) < 4.78 is 29.9. The number of hydrogen-bond donors (Lipinski definition) is 1. The minimum Gasteiger partial charge on any atom is -0.466 e. The monoisotopic (exact) mass is 237 g/mol. The topological polar surface area (TPSA) is 72.5 Å². The van der Waals surface area contributed by atoms with Gasteiger partial charge < -0.3 is 4.74 Å². The Labute approximate surface area is 91.2 Å². The molecule has 90 valence electrons. The Bertz CT molecular complexity index is 286. The van der Waals surface area contributed by atoms with Crippen LogP contribution in [0, 0.1) is 0 Å². The summed E-state index contributed by atoms with van der Waals surface area (Å²) in [5.41, 5.74) is 0. The lowest BCUT2D eigenvalue weighted by molar-refractivity contribution is -0.142. The molecule has 0 saturated heterocycles. The van der Waals surface area contributed by atoms with E-state index >= 15 is 0 Å². The molecule has 0 spiro atoms. The summed E-state index contributed by atoms with van der Waals surface area (Å²) in [4.78, 5) is 10.9. The zero-order valence-corrected chi connectivity index (χ0v) is 10.3. The van der Waals surface area contributed by atoms with Crippen LogP contribution < -0.4 is 4.72 Å². The number of sulfonamides is 1. The zero-order chi connectivity index (χ0) is 11.9. The second-order valence-electron chi connectivity index (χ2n) is 3.30. The number of hydrogen-bond acceptors (Lipinski definition) is 4. The summed E-state index contributed by atoms with van der Waals surface area (Å²) in [6, 6.07) is -0.0998. The summed E-state index contributed by atoms with van der Waals surface area (Å²) in [6.45, 7) is 5.63. The highest BCUT2D eigenvalue weighted by atomic mass is 32.2. The van der Waals surface area contributed by atoms with Gasteiger partial charge in [0.1, 0.15) is 0 Å². The first-order chi connectivity index (χ1) is 6.91. The molecule has 0 saturated carbocycles. The number of ether oxygens (including phenoxy) is 1. The molecule has 0 fully saturated rings. The Hall–Kier alpha value is -0.620. The van der Waals surface area contributed by atoms with Crippen LogP contribution in [0.4, 0.5) is 0 Å². The number of carbonyl (C=O) groups is 1. The predicted octanol–water partition coefficient (Wildman–Crippen LogP) is 0.657. The van der Waals surface area contributed by atoms with E-state index in [1.54, 1.807) is 13.8 Å². The Balaban J connectivity index is 3.99. The molecule has 1 unspecified atom stereocenters. The van der Waals surface area contributed by atoms with Crippen LogP contribution in [0.25, 0.3) is 0 Å². The summed E-state index contributed by atoms with van der Waals surface area (Å²) in [5, 5.41) is 0. The molecule has 0 aliphatic rings. The van der Waals surface area contributed by atoms with Gasteiger partial charge in [-0.25, -0.2) is 13.1 Å². The fourth-order valence-electron chi connectivity index (χ4n) is 0.900. The molecule has 1 atom stereocenters. The average molecular weight is 237 g/mol. The van der Waals surface area contributed by atoms with Gasteiger partial charge in [-0.2, -0.15) is 0 Å². The molecule has 0 aromatic rings. The second-order valence-corrected chi connectivity index (χ2v) is 5.17. The van der Waals surface area contributed by atoms with Crippen LogP contribution in [0.3, 0.4) is 0 Å². The highest BCUT2D eigenvalue weighted by Gasteiger charge is 2.15. The van der Waals surface area contributed by atoms with E-state index in [0.717, 1.165) is 6.42 Å². The molecule has 0 aromatic carbocycles. The molecule has 0 aromatic heterocycles. The second kappa shape index (κ2) is 6.79. The van der Waals surface area contributed by atoms with E-state index < -0.39 is 16.0 Å². The molecule has 0 radical (unpaired) electrons. The molecule has 6 heteroatoms. The third-order valence-corrected chi connectivity index (χ3v) is 3.38. The van der Waals surface area contributed by atoms with Crippen LogP contribution in [0.1, 0.15) is 33.6 Å². The first-order valence-corrected chi connectivity index (χ1v) is 6.72. The first kappa shape index (κ1) is 14.4. The highest BCUT2D eigenvalue weighted by Crippen LogP contribution is 1.97. The van der Waals surface area contributed by atoms with Crippen molar-refractivity contribution in [2.45, 2.75) is 39.7 Å². The van der Waals surface area contributed by atoms with E-state index in [9.17, 15) is 13.2 Å². The van der Waals surface area contributed by atoms with E-state index in [2.05, 4.69) is 9.46 Å². The normalized spacial score (nSPS) is 13.5. The third kappa shape index (κ3) is 7.33. The predicted molar refractivity (Wildman–Crippen MR) is 57.9 cm³/mol. The van der Waals surface area contributed by atoms with Crippen molar-refractivity contribution in [3.05, 3.63) is 0 Å². The quantitative estimate of drug-likeness (QED) is 0.660. The van der Waals surface area contributed by atoms with Crippen molar-refractivity contribution in [1.29, 1.82) is 0 Å². The maximum absolute atomic E-state index is 11.4. The third-order valence-electron chi connectivity index (χ3n) is 1.87. The Morgan fingerprint density at radius 1 is 1.40 bits per heavy atom. The molecule has 5 nitrogen and oxygen atoms in total. The molecule has 1 N–H and O–H groups in total. The van der Waals surface area contributed by atoms with Crippen LogP contribution in [-0.2, 0) is 19.6 Å². The summed E-state index contributed by atoms with van der Waals surface area (Å²) in [7, 11) is -3.36. The van der Waals surface area contributed by atoms with E-state index in [1.807, 2.05) is 6.92 Å². The molecule has 0 bridgehead atoms. The number of carbonyl (C=O) groups excluding carboxylic acids is 1. The molecule has 0 aliphatic heterocycles. The van der Waals surface area contributed by atoms with Crippen molar-refractivity contribution in [3.63, 3.8) is 0 Å². The van der Waals surface area contributed by atoms with Crippen LogP contribution in [0.5, 0.6) is 0 Å². The molecule has 0 aliphatic carbocycles. The minimum absolute atomic E-state index is 0.0976.